The second-order valence-electron chi connectivity index (χ2n) is 6.19. The number of carboxylic acid groups (broad SMARTS) is 2. The molecular weight excluding hydrogens is 308 g/mol. The Labute approximate surface area is 147 Å². The van der Waals surface area contributed by atoms with Crippen LogP contribution in [-0.2, 0) is 9.59 Å². The van der Waals surface area contributed by atoms with E-state index < -0.39 is 11.9 Å². The number of quaternary nitrogens is 2. The molecule has 0 heterocycles. The van der Waals surface area contributed by atoms with Gasteiger partial charge in [0, 0.05) is 11.9 Å². The highest BCUT2D eigenvalue weighted by Gasteiger charge is 1.92. The summed E-state index contributed by atoms with van der Waals surface area (Å²) in [5.41, 5.74) is 7.62. The third kappa shape index (κ3) is 28.9. The fourth-order valence-corrected chi connectivity index (χ4v) is 2.31. The zero-order valence-corrected chi connectivity index (χ0v) is 15.4. The number of hydrogen-bond donors (Lipinski definition) is 2. The predicted molar refractivity (Wildman–Crippen MR) is 90.2 cm³/mol. The Hall–Kier alpha value is -1.14. The van der Waals surface area contributed by atoms with Gasteiger partial charge in [-0.1, -0.05) is 38.5 Å². The molecule has 6 nitrogen and oxygen atoms in total. The molecule has 6 N–H and O–H groups in total. The zero-order chi connectivity index (χ0) is 18.5. The normalized spacial score (nSPS) is 10.1. The summed E-state index contributed by atoms with van der Waals surface area (Å²) in [6, 6.07) is 0. The molecule has 6 heteroatoms. The van der Waals surface area contributed by atoms with Gasteiger partial charge in [0.1, 0.15) is 0 Å². The lowest BCUT2D eigenvalue weighted by Gasteiger charge is -2.03. The molecule has 0 fully saturated rings. The summed E-state index contributed by atoms with van der Waals surface area (Å²) in [6.07, 6.45) is 13.4. The van der Waals surface area contributed by atoms with E-state index in [4.69, 9.17) is 0 Å². The molecule has 0 spiro atoms. The summed E-state index contributed by atoms with van der Waals surface area (Å²) in [7, 11) is 0. The lowest BCUT2D eigenvalue weighted by Crippen LogP contribution is -2.50. The molecule has 0 aliphatic rings. The van der Waals surface area contributed by atoms with Crippen LogP contribution in [0.2, 0.25) is 0 Å². The first-order valence-electron chi connectivity index (χ1n) is 9.52. The second-order valence-corrected chi connectivity index (χ2v) is 6.19. The fraction of sp³-hybridized carbons (Fsp3) is 0.889. The third-order valence-electron chi connectivity index (χ3n) is 3.76. The van der Waals surface area contributed by atoms with Gasteiger partial charge in [-0.05, 0) is 51.4 Å². The van der Waals surface area contributed by atoms with Crippen molar-refractivity contribution in [3.8, 4) is 0 Å². The maximum Gasteiger partial charge on any atom is 0.0739 e. The first kappa shape index (κ1) is 25.1. The molecule has 0 saturated carbocycles. The van der Waals surface area contributed by atoms with Crippen molar-refractivity contribution in [2.45, 2.75) is 89.9 Å². The van der Waals surface area contributed by atoms with E-state index in [9.17, 15) is 19.8 Å². The van der Waals surface area contributed by atoms with Crippen LogP contribution in [0.3, 0.4) is 0 Å². The van der Waals surface area contributed by atoms with E-state index in [1.807, 2.05) is 0 Å². The molecule has 0 aliphatic heterocycles. The second kappa shape index (κ2) is 21.9. The van der Waals surface area contributed by atoms with Crippen molar-refractivity contribution in [1.82, 2.24) is 0 Å². The molecule has 0 bridgehead atoms. The highest BCUT2D eigenvalue weighted by atomic mass is 16.4. The van der Waals surface area contributed by atoms with E-state index in [-0.39, 0.29) is 12.8 Å². The molecule has 144 valence electrons. The van der Waals surface area contributed by atoms with Gasteiger partial charge >= 0.3 is 0 Å². The molecule has 0 aromatic rings. The highest BCUT2D eigenvalue weighted by Crippen LogP contribution is 2.07. The number of carbonyl (C=O) groups is 2. The summed E-state index contributed by atoms with van der Waals surface area (Å²) in [4.78, 5) is 20.1. The Morgan fingerprint density at radius 1 is 0.500 bits per heavy atom. The van der Waals surface area contributed by atoms with Gasteiger partial charge in [0.15, 0.2) is 0 Å². The topological polar surface area (TPSA) is 136 Å². The summed E-state index contributed by atoms with van der Waals surface area (Å²) in [6.45, 7) is 2.21. The average molecular weight is 347 g/mol. The van der Waals surface area contributed by atoms with Crippen LogP contribution in [-0.4, -0.2) is 25.0 Å². The van der Waals surface area contributed by atoms with Crippen LogP contribution in [0.1, 0.15) is 89.9 Å². The van der Waals surface area contributed by atoms with Gasteiger partial charge < -0.3 is 31.3 Å². The van der Waals surface area contributed by atoms with Gasteiger partial charge in [-0.25, -0.2) is 0 Å². The molecular formula is C18H38N2O4. The van der Waals surface area contributed by atoms with Gasteiger partial charge in [0.2, 0.25) is 0 Å². The molecule has 0 atom stereocenters. The third-order valence-corrected chi connectivity index (χ3v) is 3.76. The van der Waals surface area contributed by atoms with Gasteiger partial charge in [-0.15, -0.1) is 0 Å². The van der Waals surface area contributed by atoms with E-state index in [2.05, 4.69) is 11.5 Å². The predicted octanol–water partition coefficient (Wildman–Crippen LogP) is -0.582. The van der Waals surface area contributed by atoms with Crippen LogP contribution in [0.5, 0.6) is 0 Å². The van der Waals surface area contributed by atoms with Crippen molar-refractivity contribution in [2.75, 3.05) is 13.1 Å². The van der Waals surface area contributed by atoms with Crippen molar-refractivity contribution >= 4 is 11.9 Å². The van der Waals surface area contributed by atoms with E-state index in [0.29, 0.717) is 12.8 Å². The van der Waals surface area contributed by atoms with E-state index in [1.54, 1.807) is 0 Å². The lowest BCUT2D eigenvalue weighted by molar-refractivity contribution is -0.369. The Bertz CT molecular complexity index is 258. The van der Waals surface area contributed by atoms with Crippen LogP contribution in [0.4, 0.5) is 0 Å². The first-order chi connectivity index (χ1) is 11.5. The van der Waals surface area contributed by atoms with Crippen LogP contribution in [0.25, 0.3) is 0 Å². The van der Waals surface area contributed by atoms with Crippen LogP contribution >= 0.6 is 0 Å². The summed E-state index contributed by atoms with van der Waals surface area (Å²) < 4.78 is 0. The molecule has 0 aromatic heterocycles. The van der Waals surface area contributed by atoms with Crippen LogP contribution < -0.4 is 21.7 Å². The molecule has 0 aromatic carbocycles. The number of carboxylic acids is 2. The summed E-state index contributed by atoms with van der Waals surface area (Å²) >= 11 is 0. The molecule has 0 aliphatic carbocycles. The molecule has 0 saturated heterocycles. The highest BCUT2D eigenvalue weighted by molar-refractivity contribution is 5.64. The lowest BCUT2D eigenvalue weighted by atomic mass is 10.1. The van der Waals surface area contributed by atoms with Crippen molar-refractivity contribution in [3.05, 3.63) is 0 Å². The Balaban J connectivity index is 0. The van der Waals surface area contributed by atoms with E-state index in [1.165, 1.54) is 38.5 Å². The monoisotopic (exact) mass is 346 g/mol. The van der Waals surface area contributed by atoms with Crippen LogP contribution in [0.15, 0.2) is 0 Å². The van der Waals surface area contributed by atoms with Gasteiger partial charge in [0.25, 0.3) is 0 Å². The largest absolute Gasteiger partial charge is 0.550 e. The van der Waals surface area contributed by atoms with E-state index >= 15 is 0 Å². The Morgan fingerprint density at radius 2 is 0.750 bits per heavy atom. The van der Waals surface area contributed by atoms with Gasteiger partial charge in [-0.2, -0.15) is 0 Å². The zero-order valence-electron chi connectivity index (χ0n) is 15.4. The smallest absolute Gasteiger partial charge is 0.0739 e. The van der Waals surface area contributed by atoms with Crippen molar-refractivity contribution in [1.29, 1.82) is 0 Å². The summed E-state index contributed by atoms with van der Waals surface area (Å²) in [5, 5.41) is 20.1. The number of rotatable bonds is 16. The van der Waals surface area contributed by atoms with Gasteiger partial charge in [-0.3, -0.25) is 0 Å². The van der Waals surface area contributed by atoms with Crippen molar-refractivity contribution < 1.29 is 31.3 Å². The van der Waals surface area contributed by atoms with Crippen molar-refractivity contribution in [3.63, 3.8) is 0 Å². The maximum absolute atomic E-state index is 10.0. The average Bonchev–Trinajstić information content (AvgIpc) is 2.53. The minimum absolute atomic E-state index is 0.124. The fourth-order valence-electron chi connectivity index (χ4n) is 2.31. The number of aliphatic carboxylic acids is 2. The molecule has 0 unspecified atom stereocenters. The number of carbonyl (C=O) groups excluding carboxylic acids is 2. The minimum Gasteiger partial charge on any atom is -0.550 e. The molecule has 0 rings (SSSR count). The summed E-state index contributed by atoms with van der Waals surface area (Å²) in [5.74, 6) is -2.00. The maximum atomic E-state index is 10.0. The van der Waals surface area contributed by atoms with E-state index in [0.717, 1.165) is 38.8 Å². The standard InChI is InChI=1S/C10H18O4.C8H20N2/c11-9(12)7-5-3-1-2-4-6-8-10(13)14;9-7-5-3-1-2-4-6-8-10/h1-8H2,(H,11,12)(H,13,14);1-10H2. The quantitative estimate of drug-likeness (QED) is 0.361. The van der Waals surface area contributed by atoms with Gasteiger partial charge in [0.05, 0.1) is 13.1 Å². The minimum atomic E-state index is -0.998. The van der Waals surface area contributed by atoms with Crippen LogP contribution in [0, 0.1) is 0 Å². The molecule has 0 radical (unpaired) electrons. The number of hydrogen-bond acceptors (Lipinski definition) is 4. The Morgan fingerprint density at radius 3 is 1.00 bits per heavy atom. The molecule has 24 heavy (non-hydrogen) atoms. The first-order valence-corrected chi connectivity index (χ1v) is 9.52. The van der Waals surface area contributed by atoms with Crippen molar-refractivity contribution in [2.24, 2.45) is 0 Å². The SMILES string of the molecule is O=C([O-])CCCCCCCCC(=O)[O-].[NH3+]CCCCCCCC[NH3+]. The molecule has 0 amide bonds. The number of unbranched alkanes of at least 4 members (excludes halogenated alkanes) is 10. The Kier molecular flexibility index (Phi) is 22.9.